The summed E-state index contributed by atoms with van der Waals surface area (Å²) in [5, 5.41) is 2.24. The molecule has 0 aliphatic rings. The minimum absolute atomic E-state index is 0.788. The molecule has 122 valence electrons. The summed E-state index contributed by atoms with van der Waals surface area (Å²) in [4.78, 5) is 8.81. The Kier molecular flexibility index (Phi) is 4.13. The largest absolute Gasteiger partial charge is 0.456 e. The van der Waals surface area contributed by atoms with Gasteiger partial charge in [-0.1, -0.05) is 42.5 Å². The number of hydrogen-bond donors (Lipinski definition) is 0. The molecule has 3 heteroatoms. The summed E-state index contributed by atoms with van der Waals surface area (Å²) >= 11 is 0. The summed E-state index contributed by atoms with van der Waals surface area (Å²) in [6.07, 6.45) is 10.6. The normalized spacial score (nSPS) is 12.0. The van der Waals surface area contributed by atoms with Crippen LogP contribution in [0.4, 0.5) is 0 Å². The smallest absolute Gasteiger partial charge is 0.135 e. The van der Waals surface area contributed by atoms with E-state index in [0.717, 1.165) is 45.3 Å². The van der Waals surface area contributed by atoms with Crippen LogP contribution in [0, 0.1) is 0 Å². The van der Waals surface area contributed by atoms with E-state index in [9.17, 15) is 0 Å². The van der Waals surface area contributed by atoms with Gasteiger partial charge in [0.1, 0.15) is 17.5 Å². The van der Waals surface area contributed by atoms with Gasteiger partial charge in [0.15, 0.2) is 0 Å². The Labute approximate surface area is 146 Å². The molecule has 4 rings (SSSR count). The van der Waals surface area contributed by atoms with Gasteiger partial charge in [0.2, 0.25) is 0 Å². The van der Waals surface area contributed by atoms with Gasteiger partial charge in [0, 0.05) is 28.5 Å². The van der Waals surface area contributed by atoms with Crippen molar-refractivity contribution in [2.45, 2.75) is 13.3 Å². The monoisotopic (exact) mass is 326 g/mol. The van der Waals surface area contributed by atoms with Crippen LogP contribution in [0.2, 0.25) is 0 Å². The highest BCUT2D eigenvalue weighted by molar-refractivity contribution is 6.06. The van der Waals surface area contributed by atoms with E-state index in [-0.39, 0.29) is 0 Å². The summed E-state index contributed by atoms with van der Waals surface area (Å²) in [5.74, 6) is 0. The van der Waals surface area contributed by atoms with Crippen molar-refractivity contribution in [3.05, 3.63) is 84.9 Å². The average molecular weight is 326 g/mol. The number of benzene rings is 2. The summed E-state index contributed by atoms with van der Waals surface area (Å²) in [7, 11) is 0. The third-order valence-electron chi connectivity index (χ3n) is 4.16. The molecule has 2 heterocycles. The van der Waals surface area contributed by atoms with Gasteiger partial charge in [-0.2, -0.15) is 0 Å². The lowest BCUT2D eigenvalue weighted by molar-refractivity contribution is 0.669. The molecule has 0 spiro atoms. The Bertz CT molecular complexity index is 1090. The highest BCUT2D eigenvalue weighted by Crippen LogP contribution is 2.31. The van der Waals surface area contributed by atoms with Crippen molar-refractivity contribution in [2.24, 2.45) is 0 Å². The molecule has 2 aromatic carbocycles. The van der Waals surface area contributed by atoms with Crippen molar-refractivity contribution in [1.82, 2.24) is 9.97 Å². The standard InChI is InChI=1S/C22H18N2O/c1-2-3-4-5-8-17-14-20(24-15-23-17)16-11-12-22-19(13-16)18-9-6-7-10-21(18)25-22/h2-7,9-15H,8H2,1H3/b3-2-,5-4-. The molecule has 0 unspecified atom stereocenters. The average Bonchev–Trinajstić information content (AvgIpc) is 3.03. The van der Waals surface area contributed by atoms with Gasteiger partial charge in [-0.3, -0.25) is 0 Å². The molecule has 0 aliphatic heterocycles. The zero-order chi connectivity index (χ0) is 17.1. The molecule has 0 saturated heterocycles. The number of furan rings is 1. The maximum absolute atomic E-state index is 5.89. The van der Waals surface area contributed by atoms with Crippen molar-refractivity contribution < 1.29 is 4.42 Å². The van der Waals surface area contributed by atoms with Crippen LogP contribution in [0.3, 0.4) is 0 Å². The van der Waals surface area contributed by atoms with Crippen LogP contribution < -0.4 is 0 Å². The predicted molar refractivity (Wildman–Crippen MR) is 102 cm³/mol. The predicted octanol–water partition coefficient (Wildman–Crippen LogP) is 5.72. The van der Waals surface area contributed by atoms with Gasteiger partial charge in [0.05, 0.1) is 5.69 Å². The SMILES string of the molecule is C/C=C\C=C/Cc1cc(-c2ccc3oc4ccccc4c3c2)ncn1. The van der Waals surface area contributed by atoms with Gasteiger partial charge in [-0.25, -0.2) is 9.97 Å². The van der Waals surface area contributed by atoms with Crippen molar-refractivity contribution >= 4 is 21.9 Å². The molecule has 0 bridgehead atoms. The first-order valence-corrected chi connectivity index (χ1v) is 8.35. The third kappa shape index (κ3) is 3.09. The Morgan fingerprint density at radius 1 is 0.920 bits per heavy atom. The van der Waals surface area contributed by atoms with Gasteiger partial charge in [-0.15, -0.1) is 0 Å². The first-order valence-electron chi connectivity index (χ1n) is 8.35. The quantitative estimate of drug-likeness (QED) is 0.450. The van der Waals surface area contributed by atoms with E-state index in [2.05, 4.69) is 28.2 Å². The molecule has 0 atom stereocenters. The van der Waals surface area contributed by atoms with Crippen molar-refractivity contribution in [3.63, 3.8) is 0 Å². The summed E-state index contributed by atoms with van der Waals surface area (Å²) in [6, 6.07) is 16.3. The minimum Gasteiger partial charge on any atom is -0.456 e. The van der Waals surface area contributed by atoms with Gasteiger partial charge >= 0.3 is 0 Å². The zero-order valence-corrected chi connectivity index (χ0v) is 14.0. The third-order valence-corrected chi connectivity index (χ3v) is 4.16. The van der Waals surface area contributed by atoms with E-state index < -0.39 is 0 Å². The van der Waals surface area contributed by atoms with E-state index in [0.29, 0.717) is 0 Å². The number of allylic oxidation sites excluding steroid dienone is 4. The molecule has 25 heavy (non-hydrogen) atoms. The fourth-order valence-corrected chi connectivity index (χ4v) is 2.93. The van der Waals surface area contributed by atoms with Crippen LogP contribution in [-0.4, -0.2) is 9.97 Å². The van der Waals surface area contributed by atoms with Gasteiger partial charge < -0.3 is 4.42 Å². The lowest BCUT2D eigenvalue weighted by Crippen LogP contribution is -1.91. The first-order chi connectivity index (χ1) is 12.3. The number of fused-ring (bicyclic) bond motifs is 3. The summed E-state index contributed by atoms with van der Waals surface area (Å²) in [6.45, 7) is 2.00. The lowest BCUT2D eigenvalue weighted by atomic mass is 10.1. The Balaban J connectivity index is 1.72. The number of para-hydroxylation sites is 1. The second-order valence-electron chi connectivity index (χ2n) is 5.86. The van der Waals surface area contributed by atoms with E-state index in [1.54, 1.807) is 6.33 Å². The van der Waals surface area contributed by atoms with Crippen molar-refractivity contribution in [2.75, 3.05) is 0 Å². The molecule has 4 aromatic rings. The van der Waals surface area contributed by atoms with Crippen LogP contribution in [0.25, 0.3) is 33.2 Å². The molecule has 0 N–H and O–H groups in total. The van der Waals surface area contributed by atoms with Crippen LogP contribution >= 0.6 is 0 Å². The molecular weight excluding hydrogens is 308 g/mol. The van der Waals surface area contributed by atoms with Crippen LogP contribution in [0.5, 0.6) is 0 Å². The summed E-state index contributed by atoms with van der Waals surface area (Å²) in [5.41, 5.74) is 4.81. The second-order valence-corrected chi connectivity index (χ2v) is 5.86. The zero-order valence-electron chi connectivity index (χ0n) is 14.0. The number of nitrogens with zero attached hydrogens (tertiary/aromatic N) is 2. The van der Waals surface area contributed by atoms with E-state index in [1.807, 2.05) is 61.5 Å². The summed E-state index contributed by atoms with van der Waals surface area (Å²) < 4.78 is 5.89. The molecule has 3 nitrogen and oxygen atoms in total. The fraction of sp³-hybridized carbons (Fsp3) is 0.0909. The molecule has 0 radical (unpaired) electrons. The highest BCUT2D eigenvalue weighted by Gasteiger charge is 2.09. The number of aromatic nitrogens is 2. The maximum Gasteiger partial charge on any atom is 0.135 e. The van der Waals surface area contributed by atoms with E-state index in [1.165, 1.54) is 0 Å². The molecule has 0 saturated carbocycles. The van der Waals surface area contributed by atoms with Crippen LogP contribution in [0.1, 0.15) is 12.6 Å². The van der Waals surface area contributed by atoms with Gasteiger partial charge in [-0.05, 0) is 37.3 Å². The molecule has 0 fully saturated rings. The molecule has 0 amide bonds. The van der Waals surface area contributed by atoms with Crippen LogP contribution in [0.15, 0.2) is 83.6 Å². The second kappa shape index (κ2) is 6.73. The Morgan fingerprint density at radius 2 is 1.80 bits per heavy atom. The molecule has 0 aliphatic carbocycles. The fourth-order valence-electron chi connectivity index (χ4n) is 2.93. The maximum atomic E-state index is 5.89. The Hall–Kier alpha value is -3.20. The highest BCUT2D eigenvalue weighted by atomic mass is 16.3. The van der Waals surface area contributed by atoms with Gasteiger partial charge in [0.25, 0.3) is 0 Å². The van der Waals surface area contributed by atoms with Crippen LogP contribution in [-0.2, 0) is 6.42 Å². The van der Waals surface area contributed by atoms with Crippen molar-refractivity contribution in [3.8, 4) is 11.3 Å². The van der Waals surface area contributed by atoms with Crippen molar-refractivity contribution in [1.29, 1.82) is 0 Å². The minimum atomic E-state index is 0.788. The molecular formula is C22H18N2O. The number of hydrogen-bond acceptors (Lipinski definition) is 3. The topological polar surface area (TPSA) is 38.9 Å². The lowest BCUT2D eigenvalue weighted by Gasteiger charge is -2.03. The number of rotatable bonds is 4. The van der Waals surface area contributed by atoms with E-state index >= 15 is 0 Å². The first kappa shape index (κ1) is 15.3. The Morgan fingerprint density at radius 3 is 2.72 bits per heavy atom. The van der Waals surface area contributed by atoms with E-state index in [4.69, 9.17) is 4.42 Å². The molecule has 2 aromatic heterocycles.